The van der Waals surface area contributed by atoms with Gasteiger partial charge in [0.2, 0.25) is 0 Å². The number of benzene rings is 2. The molecule has 0 amide bonds. The molecule has 5 rings (SSSR count). The molecular weight excluding hydrogens is 367 g/mol. The Morgan fingerprint density at radius 1 is 0.897 bits per heavy atom. The van der Waals surface area contributed by atoms with Crippen LogP contribution in [0, 0.1) is 5.82 Å². The van der Waals surface area contributed by atoms with E-state index in [-0.39, 0.29) is 17.9 Å². The number of hydrogen-bond donors (Lipinski definition) is 0. The standard InChI is InChI=1S/C23H15FN4O/c24-21-11-17(16-4-3-15-7-9-25-12-19(15)10-16)5-6-18(21)13-28-14-27-22-20(23(28)29)2-1-8-26-22/h1-12,14H,13H2. The zero-order valence-corrected chi connectivity index (χ0v) is 15.3. The van der Waals surface area contributed by atoms with E-state index < -0.39 is 0 Å². The number of aromatic nitrogens is 4. The first kappa shape index (κ1) is 17.2. The second kappa shape index (κ2) is 6.91. The third kappa shape index (κ3) is 3.14. The highest BCUT2D eigenvalue weighted by Gasteiger charge is 2.10. The lowest BCUT2D eigenvalue weighted by molar-refractivity contribution is 0.596. The van der Waals surface area contributed by atoms with Crippen LogP contribution in [0.25, 0.3) is 32.9 Å². The number of pyridine rings is 2. The molecule has 0 fully saturated rings. The smallest absolute Gasteiger partial charge is 0.263 e. The third-order valence-electron chi connectivity index (χ3n) is 4.97. The Morgan fingerprint density at radius 3 is 2.66 bits per heavy atom. The lowest BCUT2D eigenvalue weighted by Crippen LogP contribution is -2.21. The van der Waals surface area contributed by atoms with E-state index in [1.54, 1.807) is 36.8 Å². The summed E-state index contributed by atoms with van der Waals surface area (Å²) < 4.78 is 16.2. The van der Waals surface area contributed by atoms with Crippen molar-refractivity contribution in [3.63, 3.8) is 0 Å². The van der Waals surface area contributed by atoms with Crippen molar-refractivity contribution in [2.75, 3.05) is 0 Å². The second-order valence-electron chi connectivity index (χ2n) is 6.80. The van der Waals surface area contributed by atoms with E-state index in [1.165, 1.54) is 17.0 Å². The first-order valence-corrected chi connectivity index (χ1v) is 9.12. The SMILES string of the molecule is O=c1c2cccnc2ncn1Cc1ccc(-c2ccc3ccncc3c2)cc1F. The molecule has 3 heterocycles. The van der Waals surface area contributed by atoms with Gasteiger partial charge in [0, 0.05) is 29.5 Å². The second-order valence-corrected chi connectivity index (χ2v) is 6.80. The predicted octanol–water partition coefficient (Wildman–Crippen LogP) is 4.19. The molecule has 0 saturated heterocycles. The fourth-order valence-electron chi connectivity index (χ4n) is 3.41. The van der Waals surface area contributed by atoms with Crippen LogP contribution in [0.1, 0.15) is 5.56 Å². The van der Waals surface area contributed by atoms with Crippen molar-refractivity contribution in [2.45, 2.75) is 6.54 Å². The van der Waals surface area contributed by atoms with E-state index >= 15 is 0 Å². The maximum Gasteiger partial charge on any atom is 0.263 e. The van der Waals surface area contributed by atoms with Crippen LogP contribution >= 0.6 is 0 Å². The van der Waals surface area contributed by atoms with Crippen LogP contribution in [0.2, 0.25) is 0 Å². The van der Waals surface area contributed by atoms with Crippen LogP contribution in [0.5, 0.6) is 0 Å². The summed E-state index contributed by atoms with van der Waals surface area (Å²) in [6, 6.07) is 16.3. The van der Waals surface area contributed by atoms with E-state index in [1.807, 2.05) is 30.3 Å². The Balaban J connectivity index is 1.50. The Morgan fingerprint density at radius 2 is 1.76 bits per heavy atom. The van der Waals surface area contributed by atoms with Gasteiger partial charge in [-0.25, -0.2) is 14.4 Å². The van der Waals surface area contributed by atoms with Gasteiger partial charge in [-0.05, 0) is 46.8 Å². The maximum atomic E-state index is 14.8. The fourth-order valence-corrected chi connectivity index (χ4v) is 3.41. The Labute approximate surface area is 165 Å². The zero-order valence-electron chi connectivity index (χ0n) is 15.3. The summed E-state index contributed by atoms with van der Waals surface area (Å²) in [7, 11) is 0. The van der Waals surface area contributed by atoms with Crippen molar-refractivity contribution >= 4 is 21.8 Å². The number of halogens is 1. The highest BCUT2D eigenvalue weighted by atomic mass is 19.1. The van der Waals surface area contributed by atoms with Crippen LogP contribution < -0.4 is 5.56 Å². The number of hydrogen-bond acceptors (Lipinski definition) is 4. The van der Waals surface area contributed by atoms with Gasteiger partial charge in [-0.2, -0.15) is 0 Å². The lowest BCUT2D eigenvalue weighted by Gasteiger charge is -2.10. The maximum absolute atomic E-state index is 14.8. The van der Waals surface area contributed by atoms with Gasteiger partial charge < -0.3 is 0 Å². The van der Waals surface area contributed by atoms with Crippen LogP contribution in [0.15, 0.2) is 84.3 Å². The van der Waals surface area contributed by atoms with E-state index in [0.717, 1.165) is 21.9 Å². The molecule has 29 heavy (non-hydrogen) atoms. The molecule has 0 bridgehead atoms. The van der Waals surface area contributed by atoms with E-state index in [0.29, 0.717) is 16.6 Å². The molecule has 140 valence electrons. The largest absolute Gasteiger partial charge is 0.294 e. The summed E-state index contributed by atoms with van der Waals surface area (Å²) >= 11 is 0. The van der Waals surface area contributed by atoms with Crippen LogP contribution in [-0.4, -0.2) is 19.5 Å². The molecule has 0 unspecified atom stereocenters. The Kier molecular flexibility index (Phi) is 4.09. The average Bonchev–Trinajstić information content (AvgIpc) is 2.76. The van der Waals surface area contributed by atoms with E-state index in [2.05, 4.69) is 15.0 Å². The van der Waals surface area contributed by atoms with Crippen molar-refractivity contribution in [2.24, 2.45) is 0 Å². The normalized spacial score (nSPS) is 11.2. The van der Waals surface area contributed by atoms with Gasteiger partial charge >= 0.3 is 0 Å². The van der Waals surface area contributed by atoms with Crippen LogP contribution in [-0.2, 0) is 6.54 Å². The van der Waals surface area contributed by atoms with Crippen molar-refractivity contribution in [1.82, 2.24) is 19.5 Å². The Bertz CT molecular complexity index is 1430. The highest BCUT2D eigenvalue weighted by molar-refractivity contribution is 5.86. The zero-order chi connectivity index (χ0) is 19.8. The summed E-state index contributed by atoms with van der Waals surface area (Å²) in [4.78, 5) is 25.0. The van der Waals surface area contributed by atoms with Crippen molar-refractivity contribution < 1.29 is 4.39 Å². The molecule has 0 aliphatic rings. The minimum absolute atomic E-state index is 0.102. The van der Waals surface area contributed by atoms with Gasteiger partial charge in [-0.15, -0.1) is 0 Å². The molecule has 0 aliphatic heterocycles. The molecule has 2 aromatic carbocycles. The lowest BCUT2D eigenvalue weighted by atomic mass is 10.0. The monoisotopic (exact) mass is 382 g/mol. The molecule has 3 aromatic heterocycles. The highest BCUT2D eigenvalue weighted by Crippen LogP contribution is 2.26. The van der Waals surface area contributed by atoms with Gasteiger partial charge in [0.15, 0.2) is 5.65 Å². The first-order chi connectivity index (χ1) is 14.2. The molecule has 0 radical (unpaired) electrons. The average molecular weight is 382 g/mol. The number of rotatable bonds is 3. The quantitative estimate of drug-likeness (QED) is 0.469. The van der Waals surface area contributed by atoms with Gasteiger partial charge in [0.25, 0.3) is 5.56 Å². The number of nitrogens with zero attached hydrogens (tertiary/aromatic N) is 4. The molecular formula is C23H15FN4O. The third-order valence-corrected chi connectivity index (χ3v) is 4.97. The number of fused-ring (bicyclic) bond motifs is 2. The van der Waals surface area contributed by atoms with Crippen LogP contribution in [0.4, 0.5) is 4.39 Å². The molecule has 6 heteroatoms. The molecule has 5 aromatic rings. The summed E-state index contributed by atoms with van der Waals surface area (Å²) in [6.45, 7) is 0.102. The van der Waals surface area contributed by atoms with Gasteiger partial charge in [0.1, 0.15) is 12.1 Å². The minimum atomic E-state index is -0.369. The van der Waals surface area contributed by atoms with Crippen LogP contribution in [0.3, 0.4) is 0 Å². The van der Waals surface area contributed by atoms with Crippen molar-refractivity contribution in [3.8, 4) is 11.1 Å². The van der Waals surface area contributed by atoms with E-state index in [9.17, 15) is 9.18 Å². The topological polar surface area (TPSA) is 60.7 Å². The van der Waals surface area contributed by atoms with Crippen molar-refractivity contribution in [1.29, 1.82) is 0 Å². The Hall–Kier alpha value is -3.93. The minimum Gasteiger partial charge on any atom is -0.294 e. The first-order valence-electron chi connectivity index (χ1n) is 9.12. The summed E-state index contributed by atoms with van der Waals surface area (Å²) in [5.41, 5.74) is 2.24. The van der Waals surface area contributed by atoms with Gasteiger partial charge in [-0.3, -0.25) is 14.3 Å². The molecule has 0 aliphatic carbocycles. The molecule has 0 saturated carbocycles. The van der Waals surface area contributed by atoms with Gasteiger partial charge in [-0.1, -0.05) is 24.3 Å². The van der Waals surface area contributed by atoms with Gasteiger partial charge in [0.05, 0.1) is 11.9 Å². The summed E-state index contributed by atoms with van der Waals surface area (Å²) in [6.07, 6.45) is 6.52. The molecule has 0 N–H and O–H groups in total. The summed E-state index contributed by atoms with van der Waals surface area (Å²) in [5, 5.41) is 2.49. The van der Waals surface area contributed by atoms with E-state index in [4.69, 9.17) is 0 Å². The fraction of sp³-hybridized carbons (Fsp3) is 0.0435. The molecule has 0 spiro atoms. The summed E-state index contributed by atoms with van der Waals surface area (Å²) in [5.74, 6) is -0.369. The van der Waals surface area contributed by atoms with Crippen molar-refractivity contribution in [3.05, 3.63) is 101 Å². The molecule has 5 nitrogen and oxygen atoms in total. The molecule has 0 atom stereocenters. The predicted molar refractivity (Wildman–Crippen MR) is 110 cm³/mol.